The SMILES string of the molecule is CN1CCC(NC2COC(CNC(=O)N3CCOCC3)C2O)CC1. The highest BCUT2D eigenvalue weighted by Gasteiger charge is 2.37. The van der Waals surface area contributed by atoms with Gasteiger partial charge in [-0.3, -0.25) is 0 Å². The van der Waals surface area contributed by atoms with Crippen LogP contribution in [0.15, 0.2) is 0 Å². The van der Waals surface area contributed by atoms with Crippen molar-refractivity contribution in [2.75, 3.05) is 59.6 Å². The highest BCUT2D eigenvalue weighted by Crippen LogP contribution is 2.17. The number of aliphatic hydroxyl groups excluding tert-OH is 1. The Balaban J connectivity index is 1.39. The van der Waals surface area contributed by atoms with Crippen molar-refractivity contribution < 1.29 is 19.4 Å². The van der Waals surface area contributed by atoms with E-state index in [4.69, 9.17) is 9.47 Å². The molecule has 0 saturated carbocycles. The van der Waals surface area contributed by atoms with E-state index >= 15 is 0 Å². The van der Waals surface area contributed by atoms with E-state index in [0.29, 0.717) is 45.5 Å². The summed E-state index contributed by atoms with van der Waals surface area (Å²) in [5, 5.41) is 16.9. The standard InChI is InChI=1S/C16H30N4O4/c1-19-4-2-12(3-5-19)18-13-11-24-14(15(13)21)10-17-16(22)20-6-8-23-9-7-20/h12-15,18,21H,2-11H2,1H3,(H,17,22). The molecule has 2 amide bonds. The van der Waals surface area contributed by atoms with Crippen LogP contribution in [0.2, 0.25) is 0 Å². The Kier molecular flexibility index (Phi) is 6.29. The summed E-state index contributed by atoms with van der Waals surface area (Å²) in [7, 11) is 2.14. The van der Waals surface area contributed by atoms with Gasteiger partial charge in [0.25, 0.3) is 0 Å². The predicted molar refractivity (Wildman–Crippen MR) is 89.0 cm³/mol. The number of morpholine rings is 1. The molecule has 3 saturated heterocycles. The van der Waals surface area contributed by atoms with Crippen molar-refractivity contribution in [2.45, 2.75) is 37.1 Å². The number of aliphatic hydroxyl groups is 1. The molecule has 3 atom stereocenters. The predicted octanol–water partition coefficient (Wildman–Crippen LogP) is -1.16. The first-order valence-electron chi connectivity index (χ1n) is 8.98. The highest BCUT2D eigenvalue weighted by atomic mass is 16.5. The average Bonchev–Trinajstić information content (AvgIpc) is 2.95. The van der Waals surface area contributed by atoms with E-state index in [1.54, 1.807) is 4.90 Å². The minimum absolute atomic E-state index is 0.0521. The molecule has 24 heavy (non-hydrogen) atoms. The molecule has 3 N–H and O–H groups in total. The lowest BCUT2D eigenvalue weighted by atomic mass is 10.0. The van der Waals surface area contributed by atoms with E-state index in [1.807, 2.05) is 0 Å². The van der Waals surface area contributed by atoms with Crippen molar-refractivity contribution in [1.82, 2.24) is 20.4 Å². The molecule has 0 bridgehead atoms. The van der Waals surface area contributed by atoms with Crippen LogP contribution in [0.5, 0.6) is 0 Å². The molecule has 8 heteroatoms. The molecule has 3 aliphatic rings. The molecule has 138 valence electrons. The molecule has 0 aromatic heterocycles. The Labute approximate surface area is 143 Å². The number of carbonyl (C=O) groups excluding carboxylic acids is 1. The maximum Gasteiger partial charge on any atom is 0.317 e. The quantitative estimate of drug-likeness (QED) is 0.598. The lowest BCUT2D eigenvalue weighted by Crippen LogP contribution is -2.52. The molecule has 0 aromatic carbocycles. The summed E-state index contributed by atoms with van der Waals surface area (Å²) < 4.78 is 10.9. The van der Waals surface area contributed by atoms with Gasteiger partial charge in [0, 0.05) is 25.7 Å². The molecule has 3 aliphatic heterocycles. The number of amides is 2. The van der Waals surface area contributed by atoms with Crippen molar-refractivity contribution in [2.24, 2.45) is 0 Å². The fourth-order valence-corrected chi connectivity index (χ4v) is 3.55. The summed E-state index contributed by atoms with van der Waals surface area (Å²) in [4.78, 5) is 16.2. The van der Waals surface area contributed by atoms with Gasteiger partial charge < -0.3 is 35.0 Å². The van der Waals surface area contributed by atoms with Gasteiger partial charge in [-0.05, 0) is 33.0 Å². The summed E-state index contributed by atoms with van der Waals surface area (Å²) in [6.07, 6.45) is 1.25. The molecule has 0 spiro atoms. The van der Waals surface area contributed by atoms with Crippen LogP contribution in [-0.4, -0.2) is 105 Å². The number of ether oxygens (including phenoxy) is 2. The van der Waals surface area contributed by atoms with Gasteiger partial charge in [-0.15, -0.1) is 0 Å². The van der Waals surface area contributed by atoms with Crippen molar-refractivity contribution in [1.29, 1.82) is 0 Å². The number of rotatable bonds is 4. The molecule has 3 rings (SSSR count). The van der Waals surface area contributed by atoms with Crippen molar-refractivity contribution >= 4 is 6.03 Å². The molecule has 0 aromatic rings. The van der Waals surface area contributed by atoms with Gasteiger partial charge in [0.05, 0.1) is 32.0 Å². The molecule has 8 nitrogen and oxygen atoms in total. The van der Waals surface area contributed by atoms with Crippen LogP contribution in [0.4, 0.5) is 4.79 Å². The van der Waals surface area contributed by atoms with E-state index in [0.717, 1.165) is 25.9 Å². The van der Waals surface area contributed by atoms with Gasteiger partial charge in [0.1, 0.15) is 6.10 Å². The minimum Gasteiger partial charge on any atom is -0.389 e. The number of nitrogens with zero attached hydrogens (tertiary/aromatic N) is 2. The van der Waals surface area contributed by atoms with Gasteiger partial charge in [0.15, 0.2) is 0 Å². The molecule has 3 fully saturated rings. The first kappa shape index (κ1) is 17.9. The van der Waals surface area contributed by atoms with Gasteiger partial charge in [0.2, 0.25) is 0 Å². The maximum absolute atomic E-state index is 12.1. The maximum atomic E-state index is 12.1. The third-order valence-corrected chi connectivity index (χ3v) is 5.20. The van der Waals surface area contributed by atoms with Crippen molar-refractivity contribution in [3.63, 3.8) is 0 Å². The fraction of sp³-hybridized carbons (Fsp3) is 0.938. The van der Waals surface area contributed by atoms with Crippen molar-refractivity contribution in [3.8, 4) is 0 Å². The molecule has 3 heterocycles. The second kappa shape index (κ2) is 8.44. The topological polar surface area (TPSA) is 86.3 Å². The van der Waals surface area contributed by atoms with E-state index < -0.39 is 6.10 Å². The van der Waals surface area contributed by atoms with Crippen LogP contribution < -0.4 is 10.6 Å². The zero-order valence-electron chi connectivity index (χ0n) is 14.4. The first-order valence-corrected chi connectivity index (χ1v) is 8.98. The summed E-state index contributed by atoms with van der Waals surface area (Å²) in [5.41, 5.74) is 0. The average molecular weight is 342 g/mol. The summed E-state index contributed by atoms with van der Waals surface area (Å²) >= 11 is 0. The smallest absolute Gasteiger partial charge is 0.317 e. The van der Waals surface area contributed by atoms with E-state index in [-0.39, 0.29) is 18.2 Å². The van der Waals surface area contributed by atoms with Crippen LogP contribution in [-0.2, 0) is 9.47 Å². The number of nitrogens with one attached hydrogen (secondary N) is 2. The lowest BCUT2D eigenvalue weighted by molar-refractivity contribution is 0.0356. The lowest BCUT2D eigenvalue weighted by Gasteiger charge is -2.32. The molecule has 3 unspecified atom stereocenters. The molecule has 0 radical (unpaired) electrons. The Morgan fingerprint density at radius 2 is 1.92 bits per heavy atom. The Bertz CT molecular complexity index is 411. The number of carbonyl (C=O) groups is 1. The monoisotopic (exact) mass is 342 g/mol. The number of hydrogen-bond acceptors (Lipinski definition) is 6. The van der Waals surface area contributed by atoms with Crippen LogP contribution in [0.3, 0.4) is 0 Å². The Morgan fingerprint density at radius 1 is 1.21 bits per heavy atom. The normalized spacial score (nSPS) is 32.9. The third-order valence-electron chi connectivity index (χ3n) is 5.20. The molecule has 0 aliphatic carbocycles. The summed E-state index contributed by atoms with van der Waals surface area (Å²) in [5.74, 6) is 0. The highest BCUT2D eigenvalue weighted by molar-refractivity contribution is 5.74. The zero-order chi connectivity index (χ0) is 16.9. The van der Waals surface area contributed by atoms with Crippen LogP contribution in [0.25, 0.3) is 0 Å². The first-order chi connectivity index (χ1) is 11.6. The largest absolute Gasteiger partial charge is 0.389 e. The van der Waals surface area contributed by atoms with Gasteiger partial charge in [-0.25, -0.2) is 4.79 Å². The summed E-state index contributed by atoms with van der Waals surface area (Å²) in [6, 6.07) is 0.274. The number of hydrogen-bond donors (Lipinski definition) is 3. The number of piperidine rings is 1. The van der Waals surface area contributed by atoms with Crippen LogP contribution in [0, 0.1) is 0 Å². The Morgan fingerprint density at radius 3 is 2.62 bits per heavy atom. The minimum atomic E-state index is -0.588. The van der Waals surface area contributed by atoms with Gasteiger partial charge in [-0.1, -0.05) is 0 Å². The number of likely N-dealkylation sites (tertiary alicyclic amines) is 1. The summed E-state index contributed by atoms with van der Waals surface area (Å²) in [6.45, 7) is 5.38. The molecular weight excluding hydrogens is 312 g/mol. The van der Waals surface area contributed by atoms with E-state index in [2.05, 4.69) is 22.6 Å². The zero-order valence-corrected chi connectivity index (χ0v) is 14.4. The van der Waals surface area contributed by atoms with Crippen LogP contribution in [0.1, 0.15) is 12.8 Å². The van der Waals surface area contributed by atoms with Gasteiger partial charge >= 0.3 is 6.03 Å². The fourth-order valence-electron chi connectivity index (χ4n) is 3.55. The van der Waals surface area contributed by atoms with E-state index in [1.165, 1.54) is 0 Å². The van der Waals surface area contributed by atoms with Crippen LogP contribution >= 0.6 is 0 Å². The second-order valence-corrected chi connectivity index (χ2v) is 7.00. The Hall–Kier alpha value is -0.930. The van der Waals surface area contributed by atoms with Crippen molar-refractivity contribution in [3.05, 3.63) is 0 Å². The third kappa shape index (κ3) is 4.58. The second-order valence-electron chi connectivity index (χ2n) is 7.00. The molecular formula is C16H30N4O4. The number of urea groups is 1. The van der Waals surface area contributed by atoms with Gasteiger partial charge in [-0.2, -0.15) is 0 Å². The van der Waals surface area contributed by atoms with E-state index in [9.17, 15) is 9.90 Å².